The zero-order chi connectivity index (χ0) is 15.1. The molecule has 0 saturated heterocycles. The van der Waals surface area contributed by atoms with Gasteiger partial charge in [0, 0.05) is 36.7 Å². The monoisotopic (exact) mass is 283 g/mol. The van der Waals surface area contributed by atoms with Crippen LogP contribution in [0.25, 0.3) is 0 Å². The number of nitrogens with two attached hydrogens (primary N) is 1. The Hall–Kier alpha value is -2.01. The first-order chi connectivity index (χ1) is 10.3. The fourth-order valence-electron chi connectivity index (χ4n) is 2.38. The molecule has 0 spiro atoms. The normalized spacial score (nSPS) is 13.4. The van der Waals surface area contributed by atoms with Gasteiger partial charge in [-0.15, -0.1) is 0 Å². The quantitative estimate of drug-likeness (QED) is 0.810. The van der Waals surface area contributed by atoms with Gasteiger partial charge in [0.05, 0.1) is 19.7 Å². The number of hydrogen-bond donors (Lipinski definition) is 1. The lowest BCUT2D eigenvalue weighted by molar-refractivity contribution is 0.256. The lowest BCUT2D eigenvalue weighted by atomic mass is 10.1. The van der Waals surface area contributed by atoms with Crippen LogP contribution in [-0.2, 0) is 6.54 Å². The van der Waals surface area contributed by atoms with E-state index in [1.807, 2.05) is 12.1 Å². The van der Waals surface area contributed by atoms with Gasteiger partial charge in [0.15, 0.2) is 0 Å². The molecule has 1 aromatic carbocycles. The van der Waals surface area contributed by atoms with Crippen molar-refractivity contribution in [2.24, 2.45) is 5.73 Å². The predicted octanol–water partition coefficient (Wildman–Crippen LogP) is 1.88. The van der Waals surface area contributed by atoms with E-state index in [9.17, 15) is 0 Å². The van der Waals surface area contributed by atoms with Gasteiger partial charge in [-0.3, -0.25) is 4.90 Å². The summed E-state index contributed by atoms with van der Waals surface area (Å²) in [4.78, 5) is 2.36. The maximum atomic E-state index is 8.79. The fraction of sp³-hybridized carbons (Fsp3) is 0.471. The van der Waals surface area contributed by atoms with Gasteiger partial charge in [-0.1, -0.05) is 11.8 Å². The fourth-order valence-corrected chi connectivity index (χ4v) is 2.38. The van der Waals surface area contributed by atoms with Gasteiger partial charge in [-0.05, 0) is 31.0 Å². The molecule has 0 radical (unpaired) electrons. The minimum Gasteiger partial charge on any atom is -0.496 e. The molecule has 1 aliphatic rings. The van der Waals surface area contributed by atoms with E-state index in [0.29, 0.717) is 19.0 Å². The third kappa shape index (κ3) is 4.49. The van der Waals surface area contributed by atoms with Crippen molar-refractivity contribution in [3.63, 3.8) is 0 Å². The molecule has 1 aromatic rings. The van der Waals surface area contributed by atoms with Gasteiger partial charge >= 0.3 is 0 Å². The molecule has 1 saturated carbocycles. The van der Waals surface area contributed by atoms with Gasteiger partial charge in [0.1, 0.15) is 5.75 Å². The van der Waals surface area contributed by atoms with Gasteiger partial charge < -0.3 is 10.5 Å². The van der Waals surface area contributed by atoms with Crippen LogP contribution >= 0.6 is 0 Å². The number of nitriles is 1. The third-order valence-electron chi connectivity index (χ3n) is 3.56. The second-order valence-electron chi connectivity index (χ2n) is 5.14. The third-order valence-corrected chi connectivity index (χ3v) is 3.56. The van der Waals surface area contributed by atoms with E-state index in [1.54, 1.807) is 7.11 Å². The molecular formula is C17H21N3O. The SMILES string of the molecule is COc1ccc(C#CCN)cc1CN(CCC#N)C1CC1. The maximum Gasteiger partial charge on any atom is 0.123 e. The summed E-state index contributed by atoms with van der Waals surface area (Å²) in [5.41, 5.74) is 7.48. The summed E-state index contributed by atoms with van der Waals surface area (Å²) in [6.45, 7) is 1.97. The molecule has 0 bridgehead atoms. The van der Waals surface area contributed by atoms with Crippen molar-refractivity contribution in [1.82, 2.24) is 4.90 Å². The van der Waals surface area contributed by atoms with Crippen LogP contribution in [-0.4, -0.2) is 31.1 Å². The second-order valence-corrected chi connectivity index (χ2v) is 5.14. The zero-order valence-corrected chi connectivity index (χ0v) is 12.4. The Labute approximate surface area is 126 Å². The first kappa shape index (κ1) is 15.4. The zero-order valence-electron chi connectivity index (χ0n) is 12.4. The number of rotatable bonds is 6. The summed E-state index contributed by atoms with van der Waals surface area (Å²) in [7, 11) is 1.68. The molecule has 4 nitrogen and oxygen atoms in total. The summed E-state index contributed by atoms with van der Waals surface area (Å²) < 4.78 is 5.45. The predicted molar refractivity (Wildman–Crippen MR) is 82.6 cm³/mol. The number of ether oxygens (including phenoxy) is 1. The minimum absolute atomic E-state index is 0.359. The molecule has 0 heterocycles. The molecule has 0 aliphatic heterocycles. The topological polar surface area (TPSA) is 62.3 Å². The Morgan fingerprint density at radius 2 is 2.24 bits per heavy atom. The molecular weight excluding hydrogens is 262 g/mol. The standard InChI is InChI=1S/C17H21N3O/c1-21-17-8-5-14(4-2-9-18)12-15(17)13-20(11-3-10-19)16-6-7-16/h5,8,12,16H,3,6-7,9,11,13,18H2,1H3. The summed E-state index contributed by atoms with van der Waals surface area (Å²) >= 11 is 0. The van der Waals surface area contributed by atoms with E-state index < -0.39 is 0 Å². The van der Waals surface area contributed by atoms with Crippen molar-refractivity contribution in [1.29, 1.82) is 5.26 Å². The van der Waals surface area contributed by atoms with Crippen LogP contribution in [0, 0.1) is 23.2 Å². The summed E-state index contributed by atoms with van der Waals surface area (Å²) in [6.07, 6.45) is 3.01. The average Bonchev–Trinajstić information content (AvgIpc) is 3.34. The van der Waals surface area contributed by atoms with E-state index in [-0.39, 0.29) is 0 Å². The smallest absolute Gasteiger partial charge is 0.123 e. The van der Waals surface area contributed by atoms with Crippen LogP contribution in [0.15, 0.2) is 18.2 Å². The highest BCUT2D eigenvalue weighted by Crippen LogP contribution is 2.30. The molecule has 0 aromatic heterocycles. The van der Waals surface area contributed by atoms with E-state index in [1.165, 1.54) is 12.8 Å². The van der Waals surface area contributed by atoms with Gasteiger partial charge in [-0.25, -0.2) is 0 Å². The van der Waals surface area contributed by atoms with Crippen molar-refractivity contribution in [3.8, 4) is 23.7 Å². The highest BCUT2D eigenvalue weighted by molar-refractivity contribution is 5.44. The molecule has 0 amide bonds. The number of methoxy groups -OCH3 is 1. The van der Waals surface area contributed by atoms with Crippen molar-refractivity contribution in [3.05, 3.63) is 29.3 Å². The molecule has 21 heavy (non-hydrogen) atoms. The molecule has 1 fully saturated rings. The lowest BCUT2D eigenvalue weighted by Crippen LogP contribution is -2.26. The molecule has 2 rings (SSSR count). The Morgan fingerprint density at radius 3 is 2.86 bits per heavy atom. The van der Waals surface area contributed by atoms with Gasteiger partial charge in [-0.2, -0.15) is 5.26 Å². The summed E-state index contributed by atoms with van der Waals surface area (Å²) in [5, 5.41) is 8.79. The van der Waals surface area contributed by atoms with Crippen molar-refractivity contribution < 1.29 is 4.74 Å². The van der Waals surface area contributed by atoms with E-state index in [4.69, 9.17) is 15.7 Å². The number of hydrogen-bond acceptors (Lipinski definition) is 4. The number of benzene rings is 1. The Balaban J connectivity index is 2.17. The highest BCUT2D eigenvalue weighted by Gasteiger charge is 2.29. The van der Waals surface area contributed by atoms with Crippen molar-refractivity contribution in [2.45, 2.75) is 31.8 Å². The largest absolute Gasteiger partial charge is 0.496 e. The molecule has 4 heteroatoms. The first-order valence-electron chi connectivity index (χ1n) is 7.25. The minimum atomic E-state index is 0.359. The second kappa shape index (κ2) is 7.69. The molecule has 1 aliphatic carbocycles. The molecule has 0 atom stereocenters. The van der Waals surface area contributed by atoms with Gasteiger partial charge in [0.2, 0.25) is 0 Å². The van der Waals surface area contributed by atoms with Crippen LogP contribution in [0.2, 0.25) is 0 Å². The van der Waals surface area contributed by atoms with Gasteiger partial charge in [0.25, 0.3) is 0 Å². The van der Waals surface area contributed by atoms with Crippen LogP contribution < -0.4 is 10.5 Å². The maximum absolute atomic E-state index is 8.79. The lowest BCUT2D eigenvalue weighted by Gasteiger charge is -2.22. The molecule has 0 unspecified atom stereocenters. The van der Waals surface area contributed by atoms with Crippen LogP contribution in [0.1, 0.15) is 30.4 Å². The molecule has 2 N–H and O–H groups in total. The Morgan fingerprint density at radius 1 is 1.43 bits per heavy atom. The van der Waals surface area contributed by atoms with Crippen molar-refractivity contribution >= 4 is 0 Å². The van der Waals surface area contributed by atoms with Crippen LogP contribution in [0.3, 0.4) is 0 Å². The number of nitrogens with zero attached hydrogens (tertiary/aromatic N) is 2. The van der Waals surface area contributed by atoms with E-state index >= 15 is 0 Å². The Kier molecular flexibility index (Phi) is 5.63. The van der Waals surface area contributed by atoms with E-state index in [2.05, 4.69) is 28.9 Å². The molecule has 110 valence electrons. The van der Waals surface area contributed by atoms with Crippen molar-refractivity contribution in [2.75, 3.05) is 20.2 Å². The summed E-state index contributed by atoms with van der Waals surface area (Å²) in [6, 6.07) is 8.79. The van der Waals surface area contributed by atoms with E-state index in [0.717, 1.165) is 30.0 Å². The summed E-state index contributed by atoms with van der Waals surface area (Å²) in [5.74, 6) is 6.80. The highest BCUT2D eigenvalue weighted by atomic mass is 16.5. The average molecular weight is 283 g/mol. The first-order valence-corrected chi connectivity index (χ1v) is 7.25. The van der Waals surface area contributed by atoms with Crippen LogP contribution in [0.5, 0.6) is 5.75 Å². The van der Waals surface area contributed by atoms with Crippen LogP contribution in [0.4, 0.5) is 0 Å². The Bertz CT molecular complexity index is 576.